The Hall–Kier alpha value is -5.77. The van der Waals surface area contributed by atoms with Gasteiger partial charge in [-0.15, -0.1) is 11.3 Å². The van der Waals surface area contributed by atoms with Crippen molar-refractivity contribution in [3.05, 3.63) is 170 Å². The summed E-state index contributed by atoms with van der Waals surface area (Å²) in [5.74, 6) is 0. The number of hydrogen-bond acceptors (Lipinski definition) is 3. The molecule has 0 saturated heterocycles. The highest BCUT2D eigenvalue weighted by molar-refractivity contribution is 7.26. The Morgan fingerprint density at radius 2 is 0.935 bits per heavy atom. The molecule has 46 heavy (non-hydrogen) atoms. The Balaban J connectivity index is 1.18. The predicted octanol–water partition coefficient (Wildman–Crippen LogP) is 12.6. The average molecular weight is 605 g/mol. The van der Waals surface area contributed by atoms with E-state index in [2.05, 4.69) is 175 Å². The summed E-state index contributed by atoms with van der Waals surface area (Å²) >= 11 is 1.88. The normalized spacial score (nSPS) is 11.5. The van der Waals surface area contributed by atoms with E-state index in [0.717, 1.165) is 33.8 Å². The van der Waals surface area contributed by atoms with E-state index in [9.17, 15) is 0 Å². The third kappa shape index (κ3) is 4.44. The fraction of sp³-hybridized carbons (Fsp3) is 0. The molecule has 0 aliphatic rings. The fourth-order valence-corrected chi connectivity index (χ4v) is 7.93. The van der Waals surface area contributed by atoms with E-state index in [1.807, 2.05) is 11.3 Å². The molecular formula is C43H28N2S. The van der Waals surface area contributed by atoms with Crippen LogP contribution in [-0.2, 0) is 0 Å². The van der Waals surface area contributed by atoms with Crippen LogP contribution in [0.3, 0.4) is 0 Å². The third-order valence-corrected chi connectivity index (χ3v) is 10.1. The summed E-state index contributed by atoms with van der Waals surface area (Å²) in [7, 11) is 0. The number of para-hydroxylation sites is 2. The number of nitrogens with zero attached hydrogens (tertiary/aromatic N) is 2. The van der Waals surface area contributed by atoms with Crippen LogP contribution in [0.1, 0.15) is 0 Å². The number of benzene rings is 7. The molecule has 216 valence electrons. The third-order valence-electron chi connectivity index (χ3n) is 8.85. The van der Waals surface area contributed by atoms with Gasteiger partial charge >= 0.3 is 0 Å². The quantitative estimate of drug-likeness (QED) is 0.182. The molecule has 2 nitrogen and oxygen atoms in total. The molecule has 0 aliphatic carbocycles. The van der Waals surface area contributed by atoms with Crippen molar-refractivity contribution < 1.29 is 0 Å². The maximum atomic E-state index is 5.25. The molecule has 0 amide bonds. The molecule has 2 aromatic heterocycles. The molecule has 7 aromatic carbocycles. The maximum absolute atomic E-state index is 5.25. The van der Waals surface area contributed by atoms with Gasteiger partial charge in [0.05, 0.1) is 11.2 Å². The van der Waals surface area contributed by atoms with Crippen LogP contribution in [0.5, 0.6) is 0 Å². The number of aromatic nitrogens is 1. The molecule has 0 saturated carbocycles. The second-order valence-electron chi connectivity index (χ2n) is 11.6. The van der Waals surface area contributed by atoms with Gasteiger partial charge in [-0.3, -0.25) is 0 Å². The number of anilines is 3. The second-order valence-corrected chi connectivity index (χ2v) is 12.6. The first-order valence-corrected chi connectivity index (χ1v) is 16.4. The molecule has 0 N–H and O–H groups in total. The van der Waals surface area contributed by atoms with Gasteiger partial charge in [0.25, 0.3) is 0 Å². The van der Waals surface area contributed by atoms with Crippen molar-refractivity contribution >= 4 is 70.2 Å². The Kier molecular flexibility index (Phi) is 6.36. The van der Waals surface area contributed by atoms with E-state index >= 15 is 0 Å². The molecule has 0 radical (unpaired) electrons. The van der Waals surface area contributed by atoms with Gasteiger partial charge in [-0.1, -0.05) is 121 Å². The summed E-state index contributed by atoms with van der Waals surface area (Å²) in [5, 5.41) is 6.29. The van der Waals surface area contributed by atoms with Crippen LogP contribution in [0.25, 0.3) is 64.2 Å². The lowest BCUT2D eigenvalue weighted by molar-refractivity contribution is 1.28. The molecular weight excluding hydrogens is 577 g/mol. The van der Waals surface area contributed by atoms with Crippen molar-refractivity contribution in [1.29, 1.82) is 0 Å². The van der Waals surface area contributed by atoms with Gasteiger partial charge < -0.3 is 4.90 Å². The van der Waals surface area contributed by atoms with Crippen LogP contribution >= 0.6 is 11.3 Å². The maximum Gasteiger partial charge on any atom is 0.0788 e. The molecule has 0 unspecified atom stereocenters. The number of hydrogen-bond donors (Lipinski definition) is 0. The monoisotopic (exact) mass is 604 g/mol. The summed E-state index contributed by atoms with van der Waals surface area (Å²) in [6.45, 7) is 0. The standard InChI is InChI=1S/C43H28N2S/c1-3-11-29(12-4-1)30-19-23-33(24-20-30)45(32-13-5-2-6-14-32)34-25-21-31(22-26-34)42-38-28-27-36-35-15-8-10-18-40(35)46-43(36)41(38)37-16-7-9-17-39(37)44-42/h1-28H. The van der Waals surface area contributed by atoms with Crippen LogP contribution in [-0.4, -0.2) is 4.98 Å². The SMILES string of the molecule is c1ccc(-c2ccc(N(c3ccccc3)c3ccc(-c4nc5ccccc5c5c4ccc4c6ccccc6sc45)cc3)cc2)cc1. The first-order chi connectivity index (χ1) is 22.8. The Bertz CT molecular complexity index is 2500. The van der Waals surface area contributed by atoms with Crippen molar-refractivity contribution in [3.63, 3.8) is 0 Å². The molecule has 3 heteroatoms. The summed E-state index contributed by atoms with van der Waals surface area (Å²) in [5.41, 5.74) is 8.87. The van der Waals surface area contributed by atoms with Crippen molar-refractivity contribution in [2.75, 3.05) is 4.90 Å². The zero-order chi connectivity index (χ0) is 30.5. The van der Waals surface area contributed by atoms with Gasteiger partial charge in [-0.25, -0.2) is 4.98 Å². The molecule has 0 spiro atoms. The van der Waals surface area contributed by atoms with Crippen molar-refractivity contribution in [3.8, 4) is 22.4 Å². The highest BCUT2D eigenvalue weighted by Crippen LogP contribution is 2.44. The Labute approximate surface area is 271 Å². The first-order valence-electron chi connectivity index (χ1n) is 15.6. The minimum Gasteiger partial charge on any atom is -0.311 e. The van der Waals surface area contributed by atoms with Gasteiger partial charge in [0, 0.05) is 59.0 Å². The highest BCUT2D eigenvalue weighted by atomic mass is 32.1. The van der Waals surface area contributed by atoms with E-state index in [1.165, 1.54) is 47.5 Å². The van der Waals surface area contributed by atoms with Crippen LogP contribution in [0.2, 0.25) is 0 Å². The van der Waals surface area contributed by atoms with E-state index in [1.54, 1.807) is 0 Å². The summed E-state index contributed by atoms with van der Waals surface area (Å²) < 4.78 is 2.64. The largest absolute Gasteiger partial charge is 0.311 e. The van der Waals surface area contributed by atoms with E-state index in [0.29, 0.717) is 0 Å². The number of fused-ring (bicyclic) bond motifs is 7. The second kappa shape index (κ2) is 11.0. The molecule has 9 rings (SSSR count). The fourth-order valence-electron chi connectivity index (χ4n) is 6.66. The van der Waals surface area contributed by atoms with Gasteiger partial charge in [0.15, 0.2) is 0 Å². The van der Waals surface area contributed by atoms with Crippen LogP contribution in [0, 0.1) is 0 Å². The zero-order valence-corrected chi connectivity index (χ0v) is 25.8. The topological polar surface area (TPSA) is 16.1 Å². The number of rotatable bonds is 5. The van der Waals surface area contributed by atoms with Crippen molar-refractivity contribution in [2.45, 2.75) is 0 Å². The summed E-state index contributed by atoms with van der Waals surface area (Å²) in [4.78, 5) is 7.57. The molecule has 0 fully saturated rings. The highest BCUT2D eigenvalue weighted by Gasteiger charge is 2.17. The lowest BCUT2D eigenvalue weighted by Gasteiger charge is -2.26. The van der Waals surface area contributed by atoms with Crippen LogP contribution in [0.4, 0.5) is 17.1 Å². The molecule has 0 bridgehead atoms. The van der Waals surface area contributed by atoms with Crippen molar-refractivity contribution in [2.24, 2.45) is 0 Å². The molecule has 2 heterocycles. The Morgan fingerprint density at radius 3 is 1.67 bits per heavy atom. The van der Waals surface area contributed by atoms with Crippen LogP contribution < -0.4 is 4.90 Å². The average Bonchev–Trinajstić information content (AvgIpc) is 3.52. The Morgan fingerprint density at radius 1 is 0.391 bits per heavy atom. The number of pyridine rings is 1. The predicted molar refractivity (Wildman–Crippen MR) is 198 cm³/mol. The molecule has 0 atom stereocenters. The lowest BCUT2D eigenvalue weighted by atomic mass is 9.98. The van der Waals surface area contributed by atoms with E-state index < -0.39 is 0 Å². The van der Waals surface area contributed by atoms with Gasteiger partial charge in [0.1, 0.15) is 0 Å². The number of thiophene rings is 1. The van der Waals surface area contributed by atoms with Gasteiger partial charge in [0.2, 0.25) is 0 Å². The lowest BCUT2D eigenvalue weighted by Crippen LogP contribution is -2.09. The minimum atomic E-state index is 1.01. The summed E-state index contributed by atoms with van der Waals surface area (Å²) in [6.07, 6.45) is 0. The summed E-state index contributed by atoms with van der Waals surface area (Å²) in [6, 6.07) is 60.6. The first kappa shape index (κ1) is 26.6. The van der Waals surface area contributed by atoms with E-state index in [4.69, 9.17) is 4.98 Å². The molecule has 0 aliphatic heterocycles. The van der Waals surface area contributed by atoms with Crippen LogP contribution in [0.15, 0.2) is 170 Å². The van der Waals surface area contributed by atoms with Crippen molar-refractivity contribution in [1.82, 2.24) is 4.98 Å². The molecule has 9 aromatic rings. The van der Waals surface area contributed by atoms with Gasteiger partial charge in [-0.2, -0.15) is 0 Å². The van der Waals surface area contributed by atoms with E-state index in [-0.39, 0.29) is 0 Å². The smallest absolute Gasteiger partial charge is 0.0788 e. The zero-order valence-electron chi connectivity index (χ0n) is 25.0. The van der Waals surface area contributed by atoms with Gasteiger partial charge in [-0.05, 0) is 59.7 Å². The minimum absolute atomic E-state index is 1.01.